The van der Waals surface area contributed by atoms with Crippen molar-refractivity contribution in [3.63, 3.8) is 0 Å². The minimum Gasteiger partial charge on any atom is -0.399 e. The van der Waals surface area contributed by atoms with Gasteiger partial charge in [0, 0.05) is 12.2 Å². The van der Waals surface area contributed by atoms with Crippen LogP contribution in [-0.4, -0.2) is 28.4 Å². The second-order valence-electron chi connectivity index (χ2n) is 4.66. The van der Waals surface area contributed by atoms with Crippen molar-refractivity contribution in [2.45, 2.75) is 13.5 Å². The maximum atomic E-state index is 12.4. The van der Waals surface area contributed by atoms with E-state index in [2.05, 4.69) is 5.16 Å². The minimum atomic E-state index is -0.590. The zero-order valence-corrected chi connectivity index (χ0v) is 11.6. The summed E-state index contributed by atoms with van der Waals surface area (Å²) in [5.41, 5.74) is 12.6. The number of carbonyl (C=O) groups excluding carboxylic acids is 2. The fourth-order valence-electron chi connectivity index (χ4n) is 1.91. The van der Waals surface area contributed by atoms with Crippen molar-refractivity contribution in [3.8, 4) is 0 Å². The number of aromatic nitrogens is 1. The lowest BCUT2D eigenvalue weighted by Gasteiger charge is -2.20. The standard InChI is InChI=1S/C14H16N4O3/c1-9-12(6-17-21-9)14(20)18(8-13(16)19)7-10-2-4-11(15)5-3-10/h2-6H,7-8,15H2,1H3,(H2,16,19). The molecular formula is C14H16N4O3. The van der Waals surface area contributed by atoms with E-state index >= 15 is 0 Å². The van der Waals surface area contributed by atoms with Crippen LogP contribution in [0.3, 0.4) is 0 Å². The molecule has 1 heterocycles. The largest absolute Gasteiger partial charge is 0.399 e. The number of benzene rings is 1. The Kier molecular flexibility index (Phi) is 4.22. The monoisotopic (exact) mass is 288 g/mol. The molecule has 21 heavy (non-hydrogen) atoms. The first-order valence-electron chi connectivity index (χ1n) is 6.30. The molecule has 0 aliphatic rings. The van der Waals surface area contributed by atoms with Gasteiger partial charge in [0.2, 0.25) is 5.91 Å². The summed E-state index contributed by atoms with van der Waals surface area (Å²) in [5.74, 6) is -0.552. The number of amides is 2. The van der Waals surface area contributed by atoms with Crippen molar-refractivity contribution in [3.05, 3.63) is 47.3 Å². The molecule has 4 N–H and O–H groups in total. The molecule has 0 bridgehead atoms. The molecule has 0 saturated carbocycles. The van der Waals surface area contributed by atoms with Gasteiger partial charge < -0.3 is 20.9 Å². The maximum Gasteiger partial charge on any atom is 0.259 e. The number of primary amides is 1. The number of nitrogen functional groups attached to an aromatic ring is 1. The second kappa shape index (κ2) is 6.08. The van der Waals surface area contributed by atoms with Crippen molar-refractivity contribution in [2.75, 3.05) is 12.3 Å². The third-order valence-electron chi connectivity index (χ3n) is 2.97. The average molecular weight is 288 g/mol. The van der Waals surface area contributed by atoms with Gasteiger partial charge in [-0.1, -0.05) is 17.3 Å². The van der Waals surface area contributed by atoms with Crippen molar-refractivity contribution >= 4 is 17.5 Å². The summed E-state index contributed by atoms with van der Waals surface area (Å²) >= 11 is 0. The first-order valence-corrected chi connectivity index (χ1v) is 6.30. The number of anilines is 1. The van der Waals surface area contributed by atoms with Gasteiger partial charge in [0.15, 0.2) is 0 Å². The Morgan fingerprint density at radius 2 is 1.95 bits per heavy atom. The molecule has 0 unspecified atom stereocenters. The minimum absolute atomic E-state index is 0.187. The van der Waals surface area contributed by atoms with Crippen LogP contribution in [0, 0.1) is 6.92 Å². The number of nitrogens with two attached hydrogens (primary N) is 2. The lowest BCUT2D eigenvalue weighted by Crippen LogP contribution is -2.38. The van der Waals surface area contributed by atoms with E-state index in [9.17, 15) is 9.59 Å². The quantitative estimate of drug-likeness (QED) is 0.785. The molecule has 1 aromatic heterocycles. The molecule has 2 rings (SSSR count). The van der Waals surface area contributed by atoms with Crippen LogP contribution in [0.2, 0.25) is 0 Å². The summed E-state index contributed by atoms with van der Waals surface area (Å²) in [7, 11) is 0. The first-order chi connectivity index (χ1) is 9.97. The highest BCUT2D eigenvalue weighted by Gasteiger charge is 2.22. The molecule has 7 nitrogen and oxygen atoms in total. The molecule has 1 aromatic carbocycles. The highest BCUT2D eigenvalue weighted by molar-refractivity contribution is 5.96. The smallest absolute Gasteiger partial charge is 0.259 e. The lowest BCUT2D eigenvalue weighted by atomic mass is 10.1. The molecule has 2 amide bonds. The predicted octanol–water partition coefficient (Wildman–Crippen LogP) is 0.693. The van der Waals surface area contributed by atoms with E-state index in [-0.39, 0.29) is 19.0 Å². The number of carbonyl (C=O) groups is 2. The number of rotatable bonds is 5. The van der Waals surface area contributed by atoms with E-state index in [1.54, 1.807) is 31.2 Å². The van der Waals surface area contributed by atoms with E-state index < -0.39 is 5.91 Å². The highest BCUT2D eigenvalue weighted by atomic mass is 16.5. The average Bonchev–Trinajstić information content (AvgIpc) is 2.85. The van der Waals surface area contributed by atoms with Crippen molar-refractivity contribution in [1.29, 1.82) is 0 Å². The Morgan fingerprint density at radius 3 is 2.48 bits per heavy atom. The predicted molar refractivity (Wildman–Crippen MR) is 76.0 cm³/mol. The van der Waals surface area contributed by atoms with Crippen LogP contribution in [-0.2, 0) is 11.3 Å². The van der Waals surface area contributed by atoms with Crippen LogP contribution in [0.1, 0.15) is 21.7 Å². The highest BCUT2D eigenvalue weighted by Crippen LogP contribution is 2.14. The second-order valence-corrected chi connectivity index (χ2v) is 4.66. The Labute approximate surface area is 121 Å². The number of nitrogens with zero attached hydrogens (tertiary/aromatic N) is 2. The number of aryl methyl sites for hydroxylation is 1. The van der Waals surface area contributed by atoms with Crippen molar-refractivity contribution in [1.82, 2.24) is 10.1 Å². The fourth-order valence-corrected chi connectivity index (χ4v) is 1.91. The van der Waals surface area contributed by atoms with Crippen molar-refractivity contribution < 1.29 is 14.1 Å². The van der Waals surface area contributed by atoms with Gasteiger partial charge in [-0.3, -0.25) is 9.59 Å². The van der Waals surface area contributed by atoms with E-state index in [1.165, 1.54) is 11.1 Å². The van der Waals surface area contributed by atoms with E-state index in [4.69, 9.17) is 16.0 Å². The van der Waals surface area contributed by atoms with Crippen LogP contribution in [0.5, 0.6) is 0 Å². The van der Waals surface area contributed by atoms with Gasteiger partial charge in [-0.15, -0.1) is 0 Å². The molecule has 0 radical (unpaired) electrons. The molecule has 0 aliphatic carbocycles. The summed E-state index contributed by atoms with van der Waals surface area (Å²) in [5, 5.41) is 3.57. The molecule has 0 aliphatic heterocycles. The van der Waals surface area contributed by atoms with E-state index in [0.717, 1.165) is 5.56 Å². The van der Waals surface area contributed by atoms with Crippen LogP contribution in [0.4, 0.5) is 5.69 Å². The maximum absolute atomic E-state index is 12.4. The summed E-state index contributed by atoms with van der Waals surface area (Å²) in [6.07, 6.45) is 1.33. The van der Waals surface area contributed by atoms with Crippen molar-refractivity contribution in [2.24, 2.45) is 5.73 Å². The van der Waals surface area contributed by atoms with Gasteiger partial charge >= 0.3 is 0 Å². The first kappa shape index (κ1) is 14.6. The zero-order valence-electron chi connectivity index (χ0n) is 11.6. The molecule has 2 aromatic rings. The summed E-state index contributed by atoms with van der Waals surface area (Å²) in [6.45, 7) is 1.69. The van der Waals surface area contributed by atoms with Crippen LogP contribution < -0.4 is 11.5 Å². The van der Waals surface area contributed by atoms with Gasteiger partial charge in [-0.25, -0.2) is 0 Å². The Balaban J connectivity index is 2.22. The number of hydrogen-bond acceptors (Lipinski definition) is 5. The Hall–Kier alpha value is -2.83. The third-order valence-corrected chi connectivity index (χ3v) is 2.97. The molecule has 0 spiro atoms. The van der Waals surface area contributed by atoms with E-state index in [1.807, 2.05) is 0 Å². The van der Waals surface area contributed by atoms with Gasteiger partial charge in [0.05, 0.1) is 12.7 Å². The van der Waals surface area contributed by atoms with Crippen LogP contribution >= 0.6 is 0 Å². The summed E-state index contributed by atoms with van der Waals surface area (Å²) in [4.78, 5) is 24.9. The normalized spacial score (nSPS) is 10.3. The molecule has 0 atom stereocenters. The summed E-state index contributed by atoms with van der Waals surface area (Å²) in [6, 6.07) is 7.04. The van der Waals surface area contributed by atoms with Crippen LogP contribution in [0.15, 0.2) is 35.0 Å². The van der Waals surface area contributed by atoms with Gasteiger partial charge in [-0.2, -0.15) is 0 Å². The Bertz CT molecular complexity index is 648. The topological polar surface area (TPSA) is 115 Å². The van der Waals surface area contributed by atoms with Gasteiger partial charge in [0.25, 0.3) is 5.91 Å². The SMILES string of the molecule is Cc1oncc1C(=O)N(CC(N)=O)Cc1ccc(N)cc1. The molecular weight excluding hydrogens is 272 g/mol. The fraction of sp³-hybridized carbons (Fsp3) is 0.214. The summed E-state index contributed by atoms with van der Waals surface area (Å²) < 4.78 is 4.88. The molecule has 0 saturated heterocycles. The zero-order chi connectivity index (χ0) is 15.4. The molecule has 7 heteroatoms. The van der Waals surface area contributed by atoms with Gasteiger partial charge in [-0.05, 0) is 24.6 Å². The van der Waals surface area contributed by atoms with Gasteiger partial charge in [0.1, 0.15) is 11.3 Å². The Morgan fingerprint density at radius 1 is 1.29 bits per heavy atom. The lowest BCUT2D eigenvalue weighted by molar-refractivity contribution is -0.118. The molecule has 0 fully saturated rings. The number of hydrogen-bond donors (Lipinski definition) is 2. The third kappa shape index (κ3) is 3.59. The van der Waals surface area contributed by atoms with Crippen LogP contribution in [0.25, 0.3) is 0 Å². The molecule has 110 valence electrons. The van der Waals surface area contributed by atoms with E-state index in [0.29, 0.717) is 17.0 Å².